The zero-order valence-electron chi connectivity index (χ0n) is 17.3. The minimum absolute atomic E-state index is 0.0697. The van der Waals surface area contributed by atoms with E-state index in [1.807, 2.05) is 0 Å². The van der Waals surface area contributed by atoms with Crippen molar-refractivity contribution in [2.75, 3.05) is 14.2 Å². The van der Waals surface area contributed by atoms with Crippen LogP contribution in [0.3, 0.4) is 0 Å². The highest BCUT2D eigenvalue weighted by Crippen LogP contribution is 2.36. The standard InChI is InChI=1S/C23H20Cl2N2O5/c1-31-19-10-9-17(26-22(19)15-8-7-13(24)11-20(15)32-2)23(30)27-18(12-21(28)29)14-5-3-4-6-16(14)25/h3-11,18H,12H2,1-2H3,(H,27,30)(H,28,29)/t18-/m0/s1. The summed E-state index contributed by atoms with van der Waals surface area (Å²) < 4.78 is 10.8. The summed E-state index contributed by atoms with van der Waals surface area (Å²) in [5.74, 6) is -0.756. The number of halogens is 2. The number of nitrogens with zero attached hydrogens (tertiary/aromatic N) is 1. The Balaban J connectivity index is 1.99. The fourth-order valence-corrected chi connectivity index (χ4v) is 3.62. The Morgan fingerprint density at radius 1 is 1.03 bits per heavy atom. The topological polar surface area (TPSA) is 97.8 Å². The van der Waals surface area contributed by atoms with Crippen LogP contribution in [0.1, 0.15) is 28.5 Å². The van der Waals surface area contributed by atoms with E-state index in [1.54, 1.807) is 48.5 Å². The van der Waals surface area contributed by atoms with Gasteiger partial charge in [0, 0.05) is 15.6 Å². The van der Waals surface area contributed by atoms with Gasteiger partial charge in [-0.05, 0) is 42.0 Å². The molecule has 3 rings (SSSR count). The second-order valence-electron chi connectivity index (χ2n) is 6.74. The molecule has 3 aromatic rings. The fourth-order valence-electron chi connectivity index (χ4n) is 3.19. The summed E-state index contributed by atoms with van der Waals surface area (Å²) >= 11 is 12.3. The molecule has 0 spiro atoms. The molecule has 1 atom stereocenters. The fraction of sp³-hybridized carbons (Fsp3) is 0.174. The summed E-state index contributed by atoms with van der Waals surface area (Å²) in [7, 11) is 2.99. The first-order valence-corrected chi connectivity index (χ1v) is 10.3. The third kappa shape index (κ3) is 5.30. The van der Waals surface area contributed by atoms with Crippen LogP contribution >= 0.6 is 23.2 Å². The first kappa shape index (κ1) is 23.4. The van der Waals surface area contributed by atoms with Gasteiger partial charge in [0.2, 0.25) is 0 Å². The van der Waals surface area contributed by atoms with E-state index in [0.29, 0.717) is 38.4 Å². The van der Waals surface area contributed by atoms with Crippen LogP contribution in [0.4, 0.5) is 0 Å². The Morgan fingerprint density at radius 2 is 1.75 bits per heavy atom. The molecule has 9 heteroatoms. The number of carbonyl (C=O) groups is 2. The average Bonchev–Trinajstić information content (AvgIpc) is 2.78. The molecule has 166 valence electrons. The Labute approximate surface area is 194 Å². The zero-order chi connectivity index (χ0) is 23.3. The Kier molecular flexibility index (Phi) is 7.56. The summed E-state index contributed by atoms with van der Waals surface area (Å²) in [6.45, 7) is 0. The van der Waals surface area contributed by atoms with E-state index in [0.717, 1.165) is 0 Å². The quantitative estimate of drug-likeness (QED) is 0.475. The van der Waals surface area contributed by atoms with Gasteiger partial charge in [-0.2, -0.15) is 0 Å². The predicted molar refractivity (Wildman–Crippen MR) is 122 cm³/mol. The number of ether oxygens (including phenoxy) is 2. The van der Waals surface area contributed by atoms with Gasteiger partial charge < -0.3 is 19.9 Å². The Morgan fingerprint density at radius 3 is 2.41 bits per heavy atom. The predicted octanol–water partition coefficient (Wildman–Crippen LogP) is 5.02. The molecule has 0 aliphatic carbocycles. The molecular weight excluding hydrogens is 455 g/mol. The van der Waals surface area contributed by atoms with Crippen molar-refractivity contribution in [3.63, 3.8) is 0 Å². The number of hydrogen-bond donors (Lipinski definition) is 2. The van der Waals surface area contributed by atoms with Crippen LogP contribution in [0.25, 0.3) is 11.3 Å². The van der Waals surface area contributed by atoms with Crippen molar-refractivity contribution >= 4 is 35.1 Å². The number of pyridine rings is 1. The monoisotopic (exact) mass is 474 g/mol. The number of hydrogen-bond acceptors (Lipinski definition) is 5. The smallest absolute Gasteiger partial charge is 0.305 e. The van der Waals surface area contributed by atoms with Gasteiger partial charge in [-0.15, -0.1) is 0 Å². The molecule has 32 heavy (non-hydrogen) atoms. The summed E-state index contributed by atoms with van der Waals surface area (Å²) in [4.78, 5) is 28.9. The number of methoxy groups -OCH3 is 2. The van der Waals surface area contributed by atoms with E-state index in [4.69, 9.17) is 32.7 Å². The number of carboxylic acid groups (broad SMARTS) is 1. The number of carbonyl (C=O) groups excluding carboxylic acids is 1. The molecule has 0 aliphatic heterocycles. The van der Waals surface area contributed by atoms with Gasteiger partial charge in [0.25, 0.3) is 5.91 Å². The van der Waals surface area contributed by atoms with Gasteiger partial charge in [0.1, 0.15) is 22.9 Å². The lowest BCUT2D eigenvalue weighted by Crippen LogP contribution is -2.31. The molecule has 1 aromatic heterocycles. The van der Waals surface area contributed by atoms with Crippen molar-refractivity contribution in [1.29, 1.82) is 0 Å². The molecule has 1 heterocycles. The van der Waals surface area contributed by atoms with Crippen LogP contribution in [-0.4, -0.2) is 36.2 Å². The minimum Gasteiger partial charge on any atom is -0.496 e. The molecule has 0 aliphatic rings. The number of aliphatic carboxylic acids is 1. The SMILES string of the molecule is COc1cc(Cl)ccc1-c1nc(C(=O)N[C@@H](CC(=O)O)c2ccccc2Cl)ccc1OC. The average molecular weight is 475 g/mol. The van der Waals surface area contributed by atoms with Crippen LogP contribution < -0.4 is 14.8 Å². The van der Waals surface area contributed by atoms with Gasteiger partial charge >= 0.3 is 5.97 Å². The van der Waals surface area contributed by atoms with E-state index in [-0.39, 0.29) is 12.1 Å². The lowest BCUT2D eigenvalue weighted by atomic mass is 10.0. The third-order valence-corrected chi connectivity index (χ3v) is 5.27. The van der Waals surface area contributed by atoms with E-state index in [1.165, 1.54) is 20.3 Å². The number of rotatable bonds is 8. The lowest BCUT2D eigenvalue weighted by molar-refractivity contribution is -0.137. The summed E-state index contributed by atoms with van der Waals surface area (Å²) in [5.41, 5.74) is 1.52. The van der Waals surface area contributed by atoms with Gasteiger partial charge in [0.15, 0.2) is 0 Å². The van der Waals surface area contributed by atoms with Crippen molar-refractivity contribution in [3.8, 4) is 22.8 Å². The van der Waals surface area contributed by atoms with Crippen LogP contribution in [0.2, 0.25) is 10.0 Å². The first-order chi connectivity index (χ1) is 15.3. The zero-order valence-corrected chi connectivity index (χ0v) is 18.8. The molecule has 1 amide bonds. The van der Waals surface area contributed by atoms with Gasteiger partial charge in [-0.25, -0.2) is 4.98 Å². The number of benzene rings is 2. The molecule has 2 aromatic carbocycles. The van der Waals surface area contributed by atoms with Crippen molar-refractivity contribution in [2.45, 2.75) is 12.5 Å². The second kappa shape index (κ2) is 10.3. The van der Waals surface area contributed by atoms with Gasteiger partial charge in [-0.1, -0.05) is 41.4 Å². The maximum atomic E-state index is 13.0. The molecule has 0 radical (unpaired) electrons. The van der Waals surface area contributed by atoms with Crippen molar-refractivity contribution in [2.24, 2.45) is 0 Å². The molecule has 7 nitrogen and oxygen atoms in total. The van der Waals surface area contributed by atoms with Crippen LogP contribution in [0, 0.1) is 0 Å². The van der Waals surface area contributed by atoms with Crippen molar-refractivity contribution in [1.82, 2.24) is 10.3 Å². The van der Waals surface area contributed by atoms with E-state index < -0.39 is 17.9 Å². The van der Waals surface area contributed by atoms with Crippen LogP contribution in [0.15, 0.2) is 54.6 Å². The summed E-state index contributed by atoms with van der Waals surface area (Å²) in [6.07, 6.45) is -0.344. The second-order valence-corrected chi connectivity index (χ2v) is 7.58. The lowest BCUT2D eigenvalue weighted by Gasteiger charge is -2.19. The Bertz CT molecular complexity index is 1150. The highest BCUT2D eigenvalue weighted by Gasteiger charge is 2.23. The largest absolute Gasteiger partial charge is 0.496 e. The van der Waals surface area contributed by atoms with E-state index in [9.17, 15) is 14.7 Å². The van der Waals surface area contributed by atoms with Crippen molar-refractivity contribution in [3.05, 3.63) is 75.9 Å². The molecule has 0 saturated carbocycles. The number of amides is 1. The number of nitrogens with one attached hydrogen (secondary N) is 1. The molecular formula is C23H20Cl2N2O5. The molecule has 0 fully saturated rings. The number of carboxylic acids is 1. The highest BCUT2D eigenvalue weighted by molar-refractivity contribution is 6.31. The normalized spacial score (nSPS) is 11.5. The maximum Gasteiger partial charge on any atom is 0.305 e. The summed E-state index contributed by atoms with van der Waals surface area (Å²) in [6, 6.07) is 14.0. The molecule has 0 unspecified atom stereocenters. The minimum atomic E-state index is -1.08. The van der Waals surface area contributed by atoms with Crippen LogP contribution in [0.5, 0.6) is 11.5 Å². The first-order valence-electron chi connectivity index (χ1n) is 9.50. The molecule has 0 bridgehead atoms. The van der Waals surface area contributed by atoms with E-state index >= 15 is 0 Å². The van der Waals surface area contributed by atoms with Gasteiger partial charge in [0.05, 0.1) is 26.7 Å². The summed E-state index contributed by atoms with van der Waals surface area (Å²) in [5, 5.41) is 12.9. The third-order valence-electron chi connectivity index (χ3n) is 4.69. The highest BCUT2D eigenvalue weighted by atomic mass is 35.5. The van der Waals surface area contributed by atoms with Crippen LogP contribution in [-0.2, 0) is 4.79 Å². The Hall–Kier alpha value is -3.29. The van der Waals surface area contributed by atoms with Crippen molar-refractivity contribution < 1.29 is 24.2 Å². The number of aromatic nitrogens is 1. The molecule has 0 saturated heterocycles. The van der Waals surface area contributed by atoms with Gasteiger partial charge in [-0.3, -0.25) is 9.59 Å². The van der Waals surface area contributed by atoms with E-state index in [2.05, 4.69) is 10.3 Å². The molecule has 2 N–H and O–H groups in total. The maximum absolute atomic E-state index is 13.0.